The van der Waals surface area contributed by atoms with Crippen LogP contribution in [0, 0.1) is 12.3 Å². The number of aryl methyl sites for hydroxylation is 1. The van der Waals surface area contributed by atoms with Gasteiger partial charge in [0.05, 0.1) is 5.56 Å². The Morgan fingerprint density at radius 3 is 2.41 bits per heavy atom. The molecule has 0 spiro atoms. The molecule has 22 heavy (non-hydrogen) atoms. The van der Waals surface area contributed by atoms with E-state index in [0.29, 0.717) is 12.1 Å². The van der Waals surface area contributed by atoms with Crippen molar-refractivity contribution in [3.63, 3.8) is 0 Å². The van der Waals surface area contributed by atoms with Crippen molar-refractivity contribution in [2.45, 2.75) is 27.2 Å². The first-order valence-corrected chi connectivity index (χ1v) is 7.50. The molecule has 3 nitrogen and oxygen atoms in total. The number of phenolic OH excluding ortho intramolecular Hbond substituents is 1. The molecule has 0 heterocycles. The first-order valence-electron chi connectivity index (χ1n) is 7.50. The van der Waals surface area contributed by atoms with Crippen molar-refractivity contribution in [2.75, 3.05) is 6.54 Å². The van der Waals surface area contributed by atoms with Gasteiger partial charge in [0.25, 0.3) is 5.91 Å². The Balaban J connectivity index is 1.99. The van der Waals surface area contributed by atoms with Crippen LogP contribution in [-0.4, -0.2) is 17.6 Å². The van der Waals surface area contributed by atoms with E-state index in [-0.39, 0.29) is 17.1 Å². The van der Waals surface area contributed by atoms with Crippen molar-refractivity contribution in [1.82, 2.24) is 5.32 Å². The van der Waals surface area contributed by atoms with Gasteiger partial charge < -0.3 is 10.4 Å². The van der Waals surface area contributed by atoms with Crippen LogP contribution in [0.2, 0.25) is 0 Å². The fourth-order valence-corrected chi connectivity index (χ4v) is 2.47. The van der Waals surface area contributed by atoms with Crippen molar-refractivity contribution >= 4 is 5.91 Å². The van der Waals surface area contributed by atoms with Crippen LogP contribution in [0.5, 0.6) is 5.75 Å². The molecular formula is C19H23NO2. The third-order valence-electron chi connectivity index (χ3n) is 3.81. The van der Waals surface area contributed by atoms with E-state index in [1.165, 1.54) is 17.2 Å². The number of phenols is 1. The highest BCUT2D eigenvalue weighted by Crippen LogP contribution is 2.23. The third-order valence-corrected chi connectivity index (χ3v) is 3.81. The Hall–Kier alpha value is -2.29. The minimum atomic E-state index is -0.240. The van der Waals surface area contributed by atoms with Crippen LogP contribution >= 0.6 is 0 Å². The molecule has 0 unspecified atom stereocenters. The summed E-state index contributed by atoms with van der Waals surface area (Å²) in [5, 5.41) is 12.6. The van der Waals surface area contributed by atoms with Gasteiger partial charge in [0.15, 0.2) is 0 Å². The normalized spacial score (nSPS) is 11.2. The van der Waals surface area contributed by atoms with E-state index in [2.05, 4.69) is 38.2 Å². The van der Waals surface area contributed by atoms with E-state index >= 15 is 0 Å². The number of para-hydroxylation sites is 1. The summed E-state index contributed by atoms with van der Waals surface area (Å²) in [5.74, 6) is -0.229. The summed E-state index contributed by atoms with van der Waals surface area (Å²) in [6.07, 6.45) is 0.890. The maximum atomic E-state index is 12.2. The second kappa shape index (κ2) is 6.65. The van der Waals surface area contributed by atoms with Crippen LogP contribution in [0.3, 0.4) is 0 Å². The molecule has 0 aliphatic rings. The van der Waals surface area contributed by atoms with Crippen LogP contribution in [0.25, 0.3) is 0 Å². The monoisotopic (exact) mass is 297 g/mol. The average Bonchev–Trinajstić information content (AvgIpc) is 2.48. The molecule has 0 atom stereocenters. The van der Waals surface area contributed by atoms with Crippen LogP contribution < -0.4 is 5.32 Å². The molecule has 2 aromatic carbocycles. The highest BCUT2D eigenvalue weighted by Gasteiger charge is 2.21. The van der Waals surface area contributed by atoms with E-state index in [1.54, 1.807) is 18.2 Å². The molecule has 0 aliphatic heterocycles. The number of carbonyl (C=O) groups is 1. The topological polar surface area (TPSA) is 49.3 Å². The summed E-state index contributed by atoms with van der Waals surface area (Å²) in [5.41, 5.74) is 2.81. The van der Waals surface area contributed by atoms with E-state index in [0.717, 1.165) is 6.42 Å². The minimum Gasteiger partial charge on any atom is -0.507 e. The quantitative estimate of drug-likeness (QED) is 0.884. The van der Waals surface area contributed by atoms with Gasteiger partial charge in [-0.2, -0.15) is 0 Å². The van der Waals surface area contributed by atoms with Crippen LogP contribution in [-0.2, 0) is 6.42 Å². The molecule has 0 fully saturated rings. The van der Waals surface area contributed by atoms with Gasteiger partial charge in [-0.3, -0.25) is 4.79 Å². The van der Waals surface area contributed by atoms with Gasteiger partial charge in [-0.25, -0.2) is 0 Å². The summed E-state index contributed by atoms with van der Waals surface area (Å²) in [6, 6.07) is 14.9. The standard InChI is InChI=1S/C19H23NO2/c1-14-8-4-5-9-15(14)12-19(2,3)13-20-18(22)16-10-6-7-11-17(16)21/h4-11,21H,12-13H2,1-3H3,(H,20,22). The first-order chi connectivity index (χ1) is 10.4. The smallest absolute Gasteiger partial charge is 0.255 e. The molecule has 0 saturated heterocycles. The summed E-state index contributed by atoms with van der Waals surface area (Å²) < 4.78 is 0. The number of carbonyl (C=O) groups excluding carboxylic acids is 1. The van der Waals surface area contributed by atoms with Crippen LogP contribution in [0.15, 0.2) is 48.5 Å². The molecule has 2 N–H and O–H groups in total. The molecule has 1 amide bonds. The Labute approximate surface area is 132 Å². The third kappa shape index (κ3) is 4.10. The minimum absolute atomic E-state index is 0.0108. The fraction of sp³-hybridized carbons (Fsp3) is 0.316. The Bertz CT molecular complexity index is 662. The molecule has 2 rings (SSSR count). The van der Waals surface area contributed by atoms with Crippen molar-refractivity contribution in [2.24, 2.45) is 5.41 Å². The zero-order valence-corrected chi connectivity index (χ0v) is 13.4. The number of nitrogens with one attached hydrogen (secondary N) is 1. The lowest BCUT2D eigenvalue weighted by Gasteiger charge is -2.26. The molecule has 0 aliphatic carbocycles. The molecule has 2 aromatic rings. The predicted octanol–water partition coefficient (Wildman–Crippen LogP) is 3.70. The second-order valence-corrected chi connectivity index (χ2v) is 6.47. The van der Waals surface area contributed by atoms with Gasteiger partial charge in [-0.15, -0.1) is 0 Å². The second-order valence-electron chi connectivity index (χ2n) is 6.47. The van der Waals surface area contributed by atoms with Crippen LogP contribution in [0.4, 0.5) is 0 Å². The maximum absolute atomic E-state index is 12.2. The number of benzene rings is 2. The summed E-state index contributed by atoms with van der Waals surface area (Å²) in [6.45, 7) is 6.91. The van der Waals surface area contributed by atoms with E-state index in [9.17, 15) is 9.90 Å². The predicted molar refractivity (Wildman–Crippen MR) is 89.1 cm³/mol. The zero-order chi connectivity index (χ0) is 16.2. The highest BCUT2D eigenvalue weighted by molar-refractivity contribution is 5.96. The van der Waals surface area contributed by atoms with Gasteiger partial charge in [-0.05, 0) is 42.0 Å². The number of amides is 1. The highest BCUT2D eigenvalue weighted by atomic mass is 16.3. The van der Waals surface area contributed by atoms with E-state index in [1.807, 2.05) is 12.1 Å². The molecule has 0 aromatic heterocycles. The van der Waals surface area contributed by atoms with Crippen molar-refractivity contribution in [1.29, 1.82) is 0 Å². The number of hydrogen-bond donors (Lipinski definition) is 2. The number of hydrogen-bond acceptors (Lipinski definition) is 2. The van der Waals surface area contributed by atoms with Gasteiger partial charge in [0.2, 0.25) is 0 Å². The van der Waals surface area contributed by atoms with Gasteiger partial charge in [0.1, 0.15) is 5.75 Å². The number of aromatic hydroxyl groups is 1. The van der Waals surface area contributed by atoms with Crippen molar-refractivity contribution < 1.29 is 9.90 Å². The van der Waals surface area contributed by atoms with Crippen molar-refractivity contribution in [3.8, 4) is 5.75 Å². The SMILES string of the molecule is Cc1ccccc1CC(C)(C)CNC(=O)c1ccccc1O. The van der Waals surface area contributed by atoms with E-state index < -0.39 is 0 Å². The first kappa shape index (κ1) is 16.1. The maximum Gasteiger partial charge on any atom is 0.255 e. The Morgan fingerprint density at radius 2 is 1.73 bits per heavy atom. The largest absolute Gasteiger partial charge is 0.507 e. The average molecular weight is 297 g/mol. The molecular weight excluding hydrogens is 274 g/mol. The lowest BCUT2D eigenvalue weighted by Crippen LogP contribution is -2.35. The van der Waals surface area contributed by atoms with E-state index in [4.69, 9.17) is 0 Å². The van der Waals surface area contributed by atoms with Gasteiger partial charge >= 0.3 is 0 Å². The zero-order valence-electron chi connectivity index (χ0n) is 13.4. The fourth-order valence-electron chi connectivity index (χ4n) is 2.47. The molecule has 3 heteroatoms. The Kier molecular flexibility index (Phi) is 4.86. The van der Waals surface area contributed by atoms with Crippen LogP contribution in [0.1, 0.15) is 35.3 Å². The number of rotatable bonds is 5. The summed E-state index contributed by atoms with van der Waals surface area (Å²) in [4.78, 5) is 12.2. The lowest BCUT2D eigenvalue weighted by molar-refractivity contribution is 0.0933. The summed E-state index contributed by atoms with van der Waals surface area (Å²) in [7, 11) is 0. The van der Waals surface area contributed by atoms with Gasteiger partial charge in [0, 0.05) is 6.54 Å². The molecule has 0 radical (unpaired) electrons. The lowest BCUT2D eigenvalue weighted by atomic mass is 9.84. The molecule has 0 bridgehead atoms. The summed E-state index contributed by atoms with van der Waals surface area (Å²) >= 11 is 0. The molecule has 0 saturated carbocycles. The molecule has 116 valence electrons. The Morgan fingerprint density at radius 1 is 1.09 bits per heavy atom. The van der Waals surface area contributed by atoms with Gasteiger partial charge in [-0.1, -0.05) is 50.2 Å². The van der Waals surface area contributed by atoms with Crippen molar-refractivity contribution in [3.05, 3.63) is 65.2 Å².